The van der Waals surface area contributed by atoms with E-state index in [-0.39, 0.29) is 5.91 Å². The normalized spacial score (nSPS) is 12.6. The van der Waals surface area contributed by atoms with Crippen LogP contribution in [0.5, 0.6) is 0 Å². The van der Waals surface area contributed by atoms with Gasteiger partial charge in [-0.1, -0.05) is 12.1 Å². The highest BCUT2D eigenvalue weighted by molar-refractivity contribution is 5.80. The summed E-state index contributed by atoms with van der Waals surface area (Å²) in [5.41, 5.74) is 2.09. The first kappa shape index (κ1) is 13.5. The molecule has 0 radical (unpaired) electrons. The molecule has 0 aliphatic rings. The summed E-state index contributed by atoms with van der Waals surface area (Å²) in [6, 6.07) is 7.99. The molecule has 2 rings (SSSR count). The summed E-state index contributed by atoms with van der Waals surface area (Å²) < 4.78 is 2.14. The predicted molar refractivity (Wildman–Crippen MR) is 73.8 cm³/mol. The topological polar surface area (TPSA) is 67.2 Å². The number of para-hydroxylation sites is 2. The van der Waals surface area contributed by atoms with Gasteiger partial charge in [0.15, 0.2) is 0 Å². The number of amides is 1. The Balaban J connectivity index is 2.10. The molecule has 2 aromatic rings. The molecule has 0 saturated carbocycles. The molecule has 2 N–H and O–H groups in total. The number of aliphatic hydroxyl groups is 1. The molecule has 0 aliphatic heterocycles. The van der Waals surface area contributed by atoms with E-state index in [0.717, 1.165) is 23.4 Å². The Labute approximate surface area is 112 Å². The van der Waals surface area contributed by atoms with Gasteiger partial charge in [-0.3, -0.25) is 4.79 Å². The Hall–Kier alpha value is -1.88. The SMILES string of the molecule is CCn1c(CCNC(=O)C(C)O)nc2ccccc21. The van der Waals surface area contributed by atoms with Crippen LogP contribution in [0.15, 0.2) is 24.3 Å². The fourth-order valence-corrected chi connectivity index (χ4v) is 2.11. The number of imidazole rings is 1. The zero-order valence-electron chi connectivity index (χ0n) is 11.3. The van der Waals surface area contributed by atoms with Crippen LogP contribution in [0.2, 0.25) is 0 Å². The molecule has 0 saturated heterocycles. The smallest absolute Gasteiger partial charge is 0.248 e. The van der Waals surface area contributed by atoms with Crippen LogP contribution in [0.3, 0.4) is 0 Å². The maximum atomic E-state index is 11.3. The van der Waals surface area contributed by atoms with Gasteiger partial charge in [-0.15, -0.1) is 0 Å². The van der Waals surface area contributed by atoms with Crippen molar-refractivity contribution < 1.29 is 9.90 Å². The van der Waals surface area contributed by atoms with Gasteiger partial charge in [0, 0.05) is 19.5 Å². The van der Waals surface area contributed by atoms with Crippen molar-refractivity contribution in [3.8, 4) is 0 Å². The van der Waals surface area contributed by atoms with Crippen LogP contribution >= 0.6 is 0 Å². The molecule has 0 bridgehead atoms. The van der Waals surface area contributed by atoms with Crippen molar-refractivity contribution >= 4 is 16.9 Å². The van der Waals surface area contributed by atoms with E-state index >= 15 is 0 Å². The molecule has 5 nitrogen and oxygen atoms in total. The number of carbonyl (C=O) groups excluding carboxylic acids is 1. The minimum absolute atomic E-state index is 0.348. The highest BCUT2D eigenvalue weighted by Gasteiger charge is 2.11. The number of nitrogens with one attached hydrogen (secondary N) is 1. The molecule has 1 heterocycles. The highest BCUT2D eigenvalue weighted by Crippen LogP contribution is 2.15. The van der Waals surface area contributed by atoms with Crippen LogP contribution in [-0.4, -0.2) is 33.2 Å². The number of hydrogen-bond donors (Lipinski definition) is 2. The molecular formula is C14H19N3O2. The van der Waals surface area contributed by atoms with Crippen molar-refractivity contribution in [2.24, 2.45) is 0 Å². The van der Waals surface area contributed by atoms with E-state index in [4.69, 9.17) is 5.11 Å². The van der Waals surface area contributed by atoms with Crippen LogP contribution < -0.4 is 5.32 Å². The fraction of sp³-hybridized carbons (Fsp3) is 0.429. The molecule has 1 aromatic heterocycles. The van der Waals surface area contributed by atoms with E-state index in [1.54, 1.807) is 0 Å². The van der Waals surface area contributed by atoms with Gasteiger partial charge in [0.25, 0.3) is 0 Å². The number of fused-ring (bicyclic) bond motifs is 1. The molecule has 102 valence electrons. The maximum Gasteiger partial charge on any atom is 0.248 e. The highest BCUT2D eigenvalue weighted by atomic mass is 16.3. The summed E-state index contributed by atoms with van der Waals surface area (Å²) in [5, 5.41) is 11.8. The quantitative estimate of drug-likeness (QED) is 0.847. The molecule has 1 amide bonds. The Kier molecular flexibility index (Phi) is 4.16. The molecular weight excluding hydrogens is 242 g/mol. The average molecular weight is 261 g/mol. The van der Waals surface area contributed by atoms with E-state index < -0.39 is 6.10 Å². The summed E-state index contributed by atoms with van der Waals surface area (Å²) in [6.45, 7) is 4.86. The lowest BCUT2D eigenvalue weighted by Gasteiger charge is -2.08. The lowest BCUT2D eigenvalue weighted by Crippen LogP contribution is -2.34. The lowest BCUT2D eigenvalue weighted by atomic mass is 10.3. The van der Waals surface area contributed by atoms with E-state index in [0.29, 0.717) is 13.0 Å². The van der Waals surface area contributed by atoms with Crippen LogP contribution in [0.25, 0.3) is 11.0 Å². The largest absolute Gasteiger partial charge is 0.384 e. The molecule has 19 heavy (non-hydrogen) atoms. The van der Waals surface area contributed by atoms with Gasteiger partial charge in [-0.2, -0.15) is 0 Å². The van der Waals surface area contributed by atoms with E-state index in [1.165, 1.54) is 6.92 Å². The summed E-state index contributed by atoms with van der Waals surface area (Å²) in [7, 11) is 0. The predicted octanol–water partition coefficient (Wildman–Crippen LogP) is 1.10. The molecule has 0 spiro atoms. The maximum absolute atomic E-state index is 11.3. The molecule has 0 aliphatic carbocycles. The lowest BCUT2D eigenvalue weighted by molar-refractivity contribution is -0.128. The first-order valence-corrected chi connectivity index (χ1v) is 6.53. The first-order chi connectivity index (χ1) is 9.13. The minimum atomic E-state index is -0.968. The molecule has 1 unspecified atom stereocenters. The average Bonchev–Trinajstić information content (AvgIpc) is 2.75. The van der Waals surface area contributed by atoms with E-state index in [1.807, 2.05) is 24.3 Å². The second-order valence-electron chi connectivity index (χ2n) is 4.48. The van der Waals surface area contributed by atoms with Gasteiger partial charge in [-0.05, 0) is 26.0 Å². The zero-order valence-corrected chi connectivity index (χ0v) is 11.3. The van der Waals surface area contributed by atoms with Crippen molar-refractivity contribution in [1.82, 2.24) is 14.9 Å². The second-order valence-corrected chi connectivity index (χ2v) is 4.48. The Morgan fingerprint density at radius 3 is 2.89 bits per heavy atom. The number of aromatic nitrogens is 2. The minimum Gasteiger partial charge on any atom is -0.384 e. The number of aliphatic hydroxyl groups excluding tert-OH is 1. The number of benzene rings is 1. The van der Waals surface area contributed by atoms with Crippen molar-refractivity contribution in [2.75, 3.05) is 6.54 Å². The van der Waals surface area contributed by atoms with Gasteiger partial charge >= 0.3 is 0 Å². The Morgan fingerprint density at radius 2 is 2.21 bits per heavy atom. The van der Waals surface area contributed by atoms with Crippen molar-refractivity contribution in [3.05, 3.63) is 30.1 Å². The van der Waals surface area contributed by atoms with Crippen LogP contribution in [-0.2, 0) is 17.8 Å². The van der Waals surface area contributed by atoms with Crippen LogP contribution in [0, 0.1) is 0 Å². The molecule has 0 fully saturated rings. The third-order valence-corrected chi connectivity index (χ3v) is 3.08. The monoisotopic (exact) mass is 261 g/mol. The van der Waals surface area contributed by atoms with Gasteiger partial charge in [0.05, 0.1) is 11.0 Å². The third kappa shape index (κ3) is 2.93. The number of rotatable bonds is 5. The number of aryl methyl sites for hydroxylation is 1. The third-order valence-electron chi connectivity index (χ3n) is 3.08. The van der Waals surface area contributed by atoms with Gasteiger partial charge in [0.2, 0.25) is 5.91 Å². The van der Waals surface area contributed by atoms with Gasteiger partial charge in [-0.25, -0.2) is 4.98 Å². The molecule has 5 heteroatoms. The molecule has 1 aromatic carbocycles. The zero-order chi connectivity index (χ0) is 13.8. The van der Waals surface area contributed by atoms with E-state index in [2.05, 4.69) is 21.8 Å². The number of nitrogens with zero attached hydrogens (tertiary/aromatic N) is 2. The van der Waals surface area contributed by atoms with Gasteiger partial charge < -0.3 is 15.0 Å². The van der Waals surface area contributed by atoms with Crippen molar-refractivity contribution in [2.45, 2.75) is 32.9 Å². The summed E-state index contributed by atoms with van der Waals surface area (Å²) >= 11 is 0. The Bertz CT molecular complexity index is 575. The summed E-state index contributed by atoms with van der Waals surface area (Å²) in [4.78, 5) is 15.8. The van der Waals surface area contributed by atoms with Crippen LogP contribution in [0.4, 0.5) is 0 Å². The van der Waals surface area contributed by atoms with Gasteiger partial charge in [0.1, 0.15) is 11.9 Å². The summed E-state index contributed by atoms with van der Waals surface area (Å²) in [6.07, 6.45) is -0.314. The number of carbonyl (C=O) groups is 1. The molecule has 1 atom stereocenters. The Morgan fingerprint density at radius 1 is 1.47 bits per heavy atom. The van der Waals surface area contributed by atoms with Crippen molar-refractivity contribution in [1.29, 1.82) is 0 Å². The number of hydrogen-bond acceptors (Lipinski definition) is 3. The second kappa shape index (κ2) is 5.84. The standard InChI is InChI=1S/C14H19N3O2/c1-3-17-12-7-5-4-6-11(12)16-13(17)8-9-15-14(19)10(2)18/h4-7,10,18H,3,8-9H2,1-2H3,(H,15,19). The first-order valence-electron chi connectivity index (χ1n) is 6.53. The summed E-state index contributed by atoms with van der Waals surface area (Å²) in [5.74, 6) is 0.605. The fourth-order valence-electron chi connectivity index (χ4n) is 2.11. The van der Waals surface area contributed by atoms with E-state index in [9.17, 15) is 4.79 Å². The van der Waals surface area contributed by atoms with Crippen LogP contribution in [0.1, 0.15) is 19.7 Å². The van der Waals surface area contributed by atoms with Crippen molar-refractivity contribution in [3.63, 3.8) is 0 Å².